The normalized spacial score (nSPS) is 27.1. The molecule has 24 heavy (non-hydrogen) atoms. The van der Waals surface area contributed by atoms with Gasteiger partial charge < -0.3 is 25.8 Å². The largest absolute Gasteiger partial charge is 0.394 e. The molecule has 1 aliphatic heterocycles. The summed E-state index contributed by atoms with van der Waals surface area (Å²) in [5.41, 5.74) is 7.46. The Hall–Kier alpha value is -2.11. The summed E-state index contributed by atoms with van der Waals surface area (Å²) in [6, 6.07) is 1.87. The lowest BCUT2D eigenvalue weighted by molar-refractivity contribution is -0.0503. The number of fused-ring (bicyclic) bond motifs is 1. The molecule has 4 atom stereocenters. The van der Waals surface area contributed by atoms with Crippen LogP contribution in [0.5, 0.6) is 0 Å². The van der Waals surface area contributed by atoms with Gasteiger partial charge in [0.1, 0.15) is 30.5 Å². The minimum atomic E-state index is -1.24. The fourth-order valence-corrected chi connectivity index (χ4v) is 3.49. The third kappa shape index (κ3) is 2.19. The van der Waals surface area contributed by atoms with Crippen molar-refractivity contribution in [1.29, 1.82) is 0 Å². The first kappa shape index (κ1) is 15.4. The topological polar surface area (TPSA) is 140 Å². The molecule has 0 saturated carbocycles. The van der Waals surface area contributed by atoms with Crippen LogP contribution in [0.15, 0.2) is 23.2 Å². The van der Waals surface area contributed by atoms with E-state index in [1.807, 2.05) is 16.8 Å². The summed E-state index contributed by atoms with van der Waals surface area (Å²) >= 11 is 1.49. The Labute approximate surface area is 140 Å². The van der Waals surface area contributed by atoms with E-state index in [0.717, 1.165) is 5.56 Å². The number of imidazole rings is 1. The van der Waals surface area contributed by atoms with Crippen molar-refractivity contribution in [2.75, 3.05) is 12.3 Å². The Morgan fingerprint density at radius 1 is 1.29 bits per heavy atom. The summed E-state index contributed by atoms with van der Waals surface area (Å²) in [6.07, 6.45) is -3.00. The summed E-state index contributed by atoms with van der Waals surface area (Å²) in [5, 5.41) is 33.5. The second-order valence-corrected chi connectivity index (χ2v) is 6.26. The van der Waals surface area contributed by atoms with Gasteiger partial charge in [-0.25, -0.2) is 15.0 Å². The van der Waals surface area contributed by atoms with Crippen LogP contribution in [0.2, 0.25) is 0 Å². The van der Waals surface area contributed by atoms with Crippen molar-refractivity contribution in [2.45, 2.75) is 24.5 Å². The van der Waals surface area contributed by atoms with Crippen molar-refractivity contribution in [2.24, 2.45) is 0 Å². The van der Waals surface area contributed by atoms with E-state index in [4.69, 9.17) is 10.5 Å². The van der Waals surface area contributed by atoms with E-state index in [1.165, 1.54) is 17.7 Å². The van der Waals surface area contributed by atoms with Crippen molar-refractivity contribution in [3.63, 3.8) is 0 Å². The molecule has 0 amide bonds. The average Bonchev–Trinajstić information content (AvgIpc) is 3.27. The molecule has 0 spiro atoms. The fraction of sp³-hybridized carbons (Fsp3) is 0.357. The molecular weight excluding hydrogens is 334 g/mol. The summed E-state index contributed by atoms with van der Waals surface area (Å²) in [6.45, 7) is -0.410. The van der Waals surface area contributed by atoms with Crippen LogP contribution < -0.4 is 5.73 Å². The Bertz CT molecular complexity index is 868. The number of anilines is 1. The van der Waals surface area contributed by atoms with Crippen LogP contribution in [-0.2, 0) is 4.74 Å². The van der Waals surface area contributed by atoms with Gasteiger partial charge in [0.15, 0.2) is 23.2 Å². The van der Waals surface area contributed by atoms with Crippen LogP contribution in [0.1, 0.15) is 6.23 Å². The predicted octanol–water partition coefficient (Wildman–Crippen LogP) is -0.252. The van der Waals surface area contributed by atoms with Gasteiger partial charge in [-0.3, -0.25) is 4.57 Å². The van der Waals surface area contributed by atoms with Crippen molar-refractivity contribution < 1.29 is 20.1 Å². The van der Waals surface area contributed by atoms with Gasteiger partial charge in [-0.1, -0.05) is 0 Å². The smallest absolute Gasteiger partial charge is 0.168 e. The van der Waals surface area contributed by atoms with Crippen LogP contribution in [0.25, 0.3) is 22.6 Å². The highest BCUT2D eigenvalue weighted by molar-refractivity contribution is 7.08. The van der Waals surface area contributed by atoms with Gasteiger partial charge in [0.25, 0.3) is 0 Å². The molecule has 0 bridgehead atoms. The zero-order valence-electron chi connectivity index (χ0n) is 12.4. The summed E-state index contributed by atoms with van der Waals surface area (Å²) in [5.74, 6) is 0.704. The molecule has 9 nitrogen and oxygen atoms in total. The molecule has 10 heteroatoms. The van der Waals surface area contributed by atoms with E-state index in [1.54, 1.807) is 4.57 Å². The van der Waals surface area contributed by atoms with E-state index >= 15 is 0 Å². The van der Waals surface area contributed by atoms with Crippen molar-refractivity contribution >= 4 is 28.3 Å². The van der Waals surface area contributed by atoms with Gasteiger partial charge in [-0.05, 0) is 11.4 Å². The Kier molecular flexibility index (Phi) is 3.70. The molecule has 0 unspecified atom stereocenters. The molecule has 0 aliphatic carbocycles. The second kappa shape index (κ2) is 5.76. The number of aliphatic hydroxyl groups is 3. The van der Waals surface area contributed by atoms with Gasteiger partial charge in [-0.2, -0.15) is 11.3 Å². The Balaban J connectivity index is 1.94. The second-order valence-electron chi connectivity index (χ2n) is 5.48. The number of aliphatic hydroxyl groups excluding tert-OH is 3. The number of nitrogen functional groups attached to an aromatic ring is 1. The first-order valence-electron chi connectivity index (χ1n) is 7.25. The lowest BCUT2D eigenvalue weighted by Crippen LogP contribution is -2.33. The summed E-state index contributed by atoms with van der Waals surface area (Å²) in [7, 11) is 0. The molecular formula is C14H15N5O4S. The maximum atomic E-state index is 10.4. The number of aromatic nitrogens is 4. The molecule has 5 N–H and O–H groups in total. The van der Waals surface area contributed by atoms with Crippen LogP contribution in [0.4, 0.5) is 5.82 Å². The summed E-state index contributed by atoms with van der Waals surface area (Å²) in [4.78, 5) is 12.6. The predicted molar refractivity (Wildman–Crippen MR) is 86.1 cm³/mol. The SMILES string of the molecule is Nc1ncnc2c1nc(-c1ccsc1)n2[C@@H]1O[C@H](CO)[C@@H](O)[C@H]1O. The Morgan fingerprint density at radius 3 is 2.79 bits per heavy atom. The van der Waals surface area contributed by atoms with E-state index in [0.29, 0.717) is 17.0 Å². The number of hydrogen-bond acceptors (Lipinski definition) is 9. The van der Waals surface area contributed by atoms with Crippen LogP contribution in [0, 0.1) is 0 Å². The minimum absolute atomic E-state index is 0.210. The van der Waals surface area contributed by atoms with Crippen molar-refractivity contribution in [1.82, 2.24) is 19.5 Å². The number of nitrogens with zero attached hydrogens (tertiary/aromatic N) is 4. The van der Waals surface area contributed by atoms with Crippen molar-refractivity contribution in [3.8, 4) is 11.4 Å². The minimum Gasteiger partial charge on any atom is -0.394 e. The number of rotatable bonds is 3. The third-order valence-corrected chi connectivity index (χ3v) is 4.74. The lowest BCUT2D eigenvalue weighted by Gasteiger charge is -2.19. The molecule has 1 fully saturated rings. The van der Waals surface area contributed by atoms with Crippen LogP contribution in [-0.4, -0.2) is 59.8 Å². The molecule has 126 valence electrons. The Morgan fingerprint density at radius 2 is 2.12 bits per heavy atom. The highest BCUT2D eigenvalue weighted by Gasteiger charge is 2.45. The molecule has 1 aliphatic rings. The number of ether oxygens (including phenoxy) is 1. The van der Waals surface area contributed by atoms with Crippen LogP contribution >= 0.6 is 11.3 Å². The molecule has 3 aromatic rings. The number of nitrogens with two attached hydrogens (primary N) is 1. The highest BCUT2D eigenvalue weighted by Crippen LogP contribution is 2.36. The molecule has 0 aromatic carbocycles. The van der Waals surface area contributed by atoms with E-state index in [9.17, 15) is 15.3 Å². The monoisotopic (exact) mass is 349 g/mol. The van der Waals surface area contributed by atoms with Gasteiger partial charge in [0, 0.05) is 10.9 Å². The van der Waals surface area contributed by atoms with E-state index in [2.05, 4.69) is 15.0 Å². The first-order valence-corrected chi connectivity index (χ1v) is 8.19. The lowest BCUT2D eigenvalue weighted by atomic mass is 10.1. The number of hydrogen-bond donors (Lipinski definition) is 4. The molecule has 0 radical (unpaired) electrons. The van der Waals surface area contributed by atoms with E-state index < -0.39 is 31.1 Å². The molecule has 1 saturated heterocycles. The standard InChI is InChI=1S/C14H15N5O4S/c15-11-8-13(17-5-16-11)19(12(18-8)6-1-2-24-4-6)14-10(22)9(21)7(3-20)23-14/h1-2,4-5,7,9-10,14,20-22H,3H2,(H2,15,16,17)/t7-,9-,10-,14-/m1/s1. The van der Waals surface area contributed by atoms with Crippen LogP contribution in [0.3, 0.4) is 0 Å². The number of thiophene rings is 1. The van der Waals surface area contributed by atoms with Gasteiger partial charge in [-0.15, -0.1) is 0 Å². The average molecular weight is 349 g/mol. The summed E-state index contributed by atoms with van der Waals surface area (Å²) < 4.78 is 7.22. The maximum absolute atomic E-state index is 10.4. The fourth-order valence-electron chi connectivity index (χ4n) is 2.86. The molecule has 4 heterocycles. The molecule has 3 aromatic heterocycles. The van der Waals surface area contributed by atoms with Gasteiger partial charge in [0.05, 0.1) is 6.61 Å². The van der Waals surface area contributed by atoms with E-state index in [-0.39, 0.29) is 5.82 Å². The quantitative estimate of drug-likeness (QED) is 0.507. The van der Waals surface area contributed by atoms with Crippen molar-refractivity contribution in [3.05, 3.63) is 23.2 Å². The zero-order chi connectivity index (χ0) is 16.8. The van der Waals surface area contributed by atoms with Gasteiger partial charge in [0.2, 0.25) is 0 Å². The van der Waals surface area contributed by atoms with Gasteiger partial charge >= 0.3 is 0 Å². The first-order chi connectivity index (χ1) is 11.6. The highest BCUT2D eigenvalue weighted by atomic mass is 32.1. The maximum Gasteiger partial charge on any atom is 0.168 e. The zero-order valence-corrected chi connectivity index (χ0v) is 13.2. The molecule has 4 rings (SSSR count). The third-order valence-electron chi connectivity index (χ3n) is 4.06.